The molecule has 2 amide bonds. The molecule has 1 N–H and O–H groups in total. The molecule has 1 atom stereocenters. The van der Waals surface area contributed by atoms with Gasteiger partial charge in [0.15, 0.2) is 0 Å². The van der Waals surface area contributed by atoms with Crippen molar-refractivity contribution in [1.82, 2.24) is 4.90 Å². The minimum atomic E-state index is -4.17. The van der Waals surface area contributed by atoms with Crippen molar-refractivity contribution in [3.63, 3.8) is 0 Å². The maximum atomic E-state index is 14.8. The Morgan fingerprint density at radius 3 is 2.18 bits per heavy atom. The van der Waals surface area contributed by atoms with Crippen molar-refractivity contribution in [1.29, 1.82) is 0 Å². The van der Waals surface area contributed by atoms with Gasteiger partial charge in [0, 0.05) is 44.1 Å². The summed E-state index contributed by atoms with van der Waals surface area (Å²) in [6.07, 6.45) is -1.49. The molecule has 210 valence electrons. The van der Waals surface area contributed by atoms with Crippen molar-refractivity contribution in [2.24, 2.45) is 5.41 Å². The summed E-state index contributed by atoms with van der Waals surface area (Å²) in [6, 6.07) is 11.3. The van der Waals surface area contributed by atoms with Crippen LogP contribution in [0.5, 0.6) is 0 Å². The number of amides is 2. The van der Waals surface area contributed by atoms with Gasteiger partial charge in [-0.05, 0) is 49.9 Å². The average Bonchev–Trinajstić information content (AvgIpc) is 2.89. The molecule has 6 nitrogen and oxygen atoms in total. The Morgan fingerprint density at radius 1 is 0.974 bits per heavy atom. The van der Waals surface area contributed by atoms with E-state index in [1.807, 2.05) is 0 Å². The van der Waals surface area contributed by atoms with Crippen LogP contribution < -0.4 is 4.90 Å². The summed E-state index contributed by atoms with van der Waals surface area (Å²) < 4.78 is 72.2. The number of halogens is 5. The summed E-state index contributed by atoms with van der Waals surface area (Å²) in [4.78, 5) is 40.7. The first-order valence-corrected chi connectivity index (χ1v) is 12.8. The van der Waals surface area contributed by atoms with Crippen LogP contribution in [-0.2, 0) is 20.3 Å². The maximum absolute atomic E-state index is 14.8. The van der Waals surface area contributed by atoms with Gasteiger partial charge in [0.2, 0.25) is 11.8 Å². The second kappa shape index (κ2) is 10.9. The molecule has 1 heterocycles. The fraction of sp³-hybridized carbons (Fsp3) is 0.464. The van der Waals surface area contributed by atoms with Gasteiger partial charge in [-0.1, -0.05) is 30.3 Å². The van der Waals surface area contributed by atoms with Crippen molar-refractivity contribution in [3.05, 3.63) is 66.0 Å². The first kappa shape index (κ1) is 28.5. The number of hydrogen-bond donors (Lipinski definition) is 1. The fourth-order valence-corrected chi connectivity index (χ4v) is 5.52. The molecule has 4 rings (SSSR count). The van der Waals surface area contributed by atoms with Crippen molar-refractivity contribution < 1.29 is 41.4 Å². The molecule has 0 radical (unpaired) electrons. The van der Waals surface area contributed by atoms with E-state index in [2.05, 4.69) is 0 Å². The van der Waals surface area contributed by atoms with Gasteiger partial charge < -0.3 is 14.9 Å². The van der Waals surface area contributed by atoms with Crippen LogP contribution in [0.2, 0.25) is 0 Å². The normalized spacial score (nSPS) is 20.7. The zero-order valence-corrected chi connectivity index (χ0v) is 21.1. The number of nitrogens with zero attached hydrogens (tertiary/aromatic N) is 2. The number of para-hydroxylation sites is 1. The van der Waals surface area contributed by atoms with Crippen LogP contribution in [-0.4, -0.2) is 52.8 Å². The molecule has 1 aliphatic carbocycles. The molecule has 0 aromatic heterocycles. The lowest BCUT2D eigenvalue weighted by molar-refractivity contribution is -0.166. The lowest BCUT2D eigenvalue weighted by Gasteiger charge is -2.42. The summed E-state index contributed by atoms with van der Waals surface area (Å²) in [5.74, 6) is -12.0. The van der Waals surface area contributed by atoms with Crippen LogP contribution in [0, 0.1) is 11.2 Å². The van der Waals surface area contributed by atoms with Gasteiger partial charge in [-0.3, -0.25) is 14.4 Å². The summed E-state index contributed by atoms with van der Waals surface area (Å²) in [6.45, 7) is -0.787. The van der Waals surface area contributed by atoms with Crippen molar-refractivity contribution in [3.8, 4) is 0 Å². The first-order valence-electron chi connectivity index (χ1n) is 12.8. The molecule has 2 aromatic rings. The molecular formula is C28H29F5N2O4. The van der Waals surface area contributed by atoms with E-state index in [-0.39, 0.29) is 25.7 Å². The highest BCUT2D eigenvalue weighted by atomic mass is 19.3. The van der Waals surface area contributed by atoms with Gasteiger partial charge in [-0.2, -0.15) is 8.78 Å². The number of piperidine rings is 1. The molecule has 1 saturated heterocycles. The summed E-state index contributed by atoms with van der Waals surface area (Å²) >= 11 is 0. The Bertz CT molecular complexity index is 1220. The molecule has 0 unspecified atom stereocenters. The number of likely N-dealkylation sites (tertiary alicyclic amines) is 1. The zero-order chi connectivity index (χ0) is 28.4. The summed E-state index contributed by atoms with van der Waals surface area (Å²) in [7, 11) is 0. The van der Waals surface area contributed by atoms with E-state index in [9.17, 15) is 41.4 Å². The number of benzene rings is 2. The van der Waals surface area contributed by atoms with E-state index in [1.165, 1.54) is 17.0 Å². The number of carbonyl (C=O) groups excluding carboxylic acids is 2. The van der Waals surface area contributed by atoms with Crippen molar-refractivity contribution in [2.45, 2.75) is 62.8 Å². The predicted octanol–water partition coefficient (Wildman–Crippen LogP) is 5.61. The molecule has 11 heteroatoms. The quantitative estimate of drug-likeness (QED) is 0.453. The first-order chi connectivity index (χ1) is 18.4. The number of carboxylic acid groups (broad SMARTS) is 1. The third-order valence-electron chi connectivity index (χ3n) is 7.71. The van der Waals surface area contributed by atoms with E-state index in [4.69, 9.17) is 0 Å². The Balaban J connectivity index is 1.53. The van der Waals surface area contributed by atoms with Gasteiger partial charge >= 0.3 is 11.9 Å². The van der Waals surface area contributed by atoms with Crippen molar-refractivity contribution >= 4 is 23.5 Å². The maximum Gasteiger partial charge on any atom is 0.352 e. The van der Waals surface area contributed by atoms with Crippen LogP contribution in [0.1, 0.15) is 50.5 Å². The zero-order valence-electron chi connectivity index (χ0n) is 21.1. The molecule has 2 fully saturated rings. The standard InChI is InChI=1S/C28H29F5N2O4/c29-22-11-5-4-10-21(22)28(32,33)24(37)34-15-13-26(14-16-34,25(38)39)18-23(36)35(19-7-2-1-3-8-19)20-9-6-12-27(30,31)17-20/h1-5,7-8,10-11,20H,6,9,12-18H2,(H,38,39)/t20-/m1/s1. The number of carbonyl (C=O) groups is 3. The molecule has 1 aliphatic heterocycles. The van der Waals surface area contributed by atoms with E-state index >= 15 is 0 Å². The SMILES string of the molecule is O=C(CC1(C(=O)O)CCN(C(=O)C(F)(F)c2ccccc2F)CC1)N(c1ccccc1)[C@@H]1CCCC(F)(F)C1. The van der Waals surface area contributed by atoms with Gasteiger partial charge in [-0.25, -0.2) is 13.2 Å². The highest BCUT2D eigenvalue weighted by Crippen LogP contribution is 2.42. The third kappa shape index (κ3) is 5.91. The predicted molar refractivity (Wildman–Crippen MR) is 132 cm³/mol. The fourth-order valence-electron chi connectivity index (χ4n) is 5.52. The van der Waals surface area contributed by atoms with Gasteiger partial charge in [0.25, 0.3) is 5.91 Å². The highest BCUT2D eigenvalue weighted by molar-refractivity contribution is 5.97. The van der Waals surface area contributed by atoms with Gasteiger partial charge in [0.1, 0.15) is 5.82 Å². The molecule has 0 spiro atoms. The number of carboxylic acids is 1. The van der Waals surface area contributed by atoms with Crippen LogP contribution in [0.3, 0.4) is 0 Å². The number of alkyl halides is 4. The van der Waals surface area contributed by atoms with Crippen LogP contribution in [0.4, 0.5) is 27.6 Å². The van der Waals surface area contributed by atoms with Gasteiger partial charge in [0.05, 0.1) is 11.0 Å². The Morgan fingerprint density at radius 2 is 1.59 bits per heavy atom. The third-order valence-corrected chi connectivity index (χ3v) is 7.71. The molecule has 2 aromatic carbocycles. The molecule has 2 aliphatic rings. The van der Waals surface area contributed by atoms with Crippen LogP contribution in [0.25, 0.3) is 0 Å². The Labute approximate surface area is 222 Å². The molecular weight excluding hydrogens is 523 g/mol. The smallest absolute Gasteiger partial charge is 0.352 e. The molecule has 0 bridgehead atoms. The number of anilines is 1. The second-order valence-electron chi connectivity index (χ2n) is 10.3. The Hall–Kier alpha value is -3.50. The van der Waals surface area contributed by atoms with Crippen LogP contribution >= 0.6 is 0 Å². The number of rotatable bonds is 7. The number of hydrogen-bond acceptors (Lipinski definition) is 3. The summed E-state index contributed by atoms with van der Waals surface area (Å²) in [5.41, 5.74) is -2.41. The second-order valence-corrected chi connectivity index (χ2v) is 10.3. The number of aliphatic carboxylic acids is 1. The minimum Gasteiger partial charge on any atom is -0.481 e. The summed E-state index contributed by atoms with van der Waals surface area (Å²) in [5, 5.41) is 10.1. The topological polar surface area (TPSA) is 77.9 Å². The van der Waals surface area contributed by atoms with E-state index in [0.29, 0.717) is 12.1 Å². The van der Waals surface area contributed by atoms with Gasteiger partial charge in [-0.15, -0.1) is 0 Å². The van der Waals surface area contributed by atoms with Crippen molar-refractivity contribution in [2.75, 3.05) is 18.0 Å². The van der Waals surface area contributed by atoms with E-state index in [0.717, 1.165) is 17.0 Å². The van der Waals surface area contributed by atoms with E-state index < -0.39 is 78.4 Å². The van der Waals surface area contributed by atoms with Crippen LogP contribution in [0.15, 0.2) is 54.6 Å². The Kier molecular flexibility index (Phi) is 7.99. The largest absolute Gasteiger partial charge is 0.481 e. The monoisotopic (exact) mass is 552 g/mol. The lowest BCUT2D eigenvalue weighted by atomic mass is 9.75. The molecule has 1 saturated carbocycles. The highest BCUT2D eigenvalue weighted by Gasteiger charge is 2.51. The average molecular weight is 553 g/mol. The molecule has 39 heavy (non-hydrogen) atoms. The van der Waals surface area contributed by atoms with E-state index in [1.54, 1.807) is 30.3 Å². The lowest BCUT2D eigenvalue weighted by Crippen LogP contribution is -2.53. The minimum absolute atomic E-state index is 0.200.